The molecule has 0 heterocycles. The predicted octanol–water partition coefficient (Wildman–Crippen LogP) is 5.01. The highest BCUT2D eigenvalue weighted by molar-refractivity contribution is 6.06. The van der Waals surface area contributed by atoms with E-state index in [1.165, 1.54) is 18.2 Å². The summed E-state index contributed by atoms with van der Waals surface area (Å²) >= 11 is 0. The Hall–Kier alpha value is -4.20. The van der Waals surface area contributed by atoms with E-state index >= 15 is 0 Å². The van der Waals surface area contributed by atoms with Crippen molar-refractivity contribution in [2.24, 2.45) is 0 Å². The van der Waals surface area contributed by atoms with Gasteiger partial charge in [0.05, 0.1) is 11.3 Å². The van der Waals surface area contributed by atoms with Gasteiger partial charge in [-0.2, -0.15) is 0 Å². The van der Waals surface area contributed by atoms with Crippen molar-refractivity contribution in [2.75, 3.05) is 17.2 Å². The van der Waals surface area contributed by atoms with Gasteiger partial charge in [-0.1, -0.05) is 31.2 Å². The Morgan fingerprint density at radius 1 is 0.857 bits per heavy atom. The third kappa shape index (κ3) is 7.14. The predicted molar refractivity (Wildman–Crippen MR) is 133 cm³/mol. The van der Waals surface area contributed by atoms with E-state index in [-0.39, 0.29) is 28.4 Å². The van der Waals surface area contributed by atoms with Crippen molar-refractivity contribution in [1.29, 1.82) is 0 Å². The first-order chi connectivity index (χ1) is 16.7. The van der Waals surface area contributed by atoms with Gasteiger partial charge < -0.3 is 20.7 Å². The lowest BCUT2D eigenvalue weighted by Gasteiger charge is -2.24. The van der Waals surface area contributed by atoms with Crippen LogP contribution in [0.2, 0.25) is 0 Å². The van der Waals surface area contributed by atoms with E-state index in [2.05, 4.69) is 16.0 Å². The molecule has 3 aromatic carbocycles. The fourth-order valence-corrected chi connectivity index (χ4v) is 3.04. The quantitative estimate of drug-likeness (QED) is 0.403. The van der Waals surface area contributed by atoms with Crippen LogP contribution < -0.4 is 20.7 Å². The number of nitrogens with one attached hydrogen (secondary N) is 3. The Labute approximate surface area is 203 Å². The molecule has 35 heavy (non-hydrogen) atoms. The van der Waals surface area contributed by atoms with Gasteiger partial charge in [0.25, 0.3) is 17.7 Å². The number of ether oxygens (including phenoxy) is 1. The van der Waals surface area contributed by atoms with Crippen molar-refractivity contribution < 1.29 is 23.5 Å². The van der Waals surface area contributed by atoms with Crippen LogP contribution in [0.25, 0.3) is 0 Å². The standard InChI is InChI=1S/C27H28FN3O4/c1-4-27(2,3)31-25(33)18-13-15-19(16-14-18)29-26(34)20-9-5-8-12-23(20)35-17-24(32)30-22-11-7-6-10-21(22)28/h5-16H,4,17H2,1-3H3,(H,29,34)(H,30,32)(H,31,33). The number of carbonyl (C=O) groups excluding carboxylic acids is 3. The number of carbonyl (C=O) groups is 3. The van der Waals surface area contributed by atoms with Crippen LogP contribution in [0.3, 0.4) is 0 Å². The van der Waals surface area contributed by atoms with Gasteiger partial charge in [-0.15, -0.1) is 0 Å². The molecule has 0 spiro atoms. The first-order valence-corrected chi connectivity index (χ1v) is 11.2. The van der Waals surface area contributed by atoms with E-state index in [9.17, 15) is 18.8 Å². The maximum absolute atomic E-state index is 13.7. The number of hydrogen-bond donors (Lipinski definition) is 3. The van der Waals surface area contributed by atoms with E-state index in [0.29, 0.717) is 11.3 Å². The van der Waals surface area contributed by atoms with Gasteiger partial charge in [0.2, 0.25) is 0 Å². The lowest BCUT2D eigenvalue weighted by molar-refractivity contribution is -0.118. The molecule has 8 heteroatoms. The average Bonchev–Trinajstić information content (AvgIpc) is 2.84. The maximum atomic E-state index is 13.7. The molecule has 0 radical (unpaired) electrons. The van der Waals surface area contributed by atoms with Crippen LogP contribution in [0.15, 0.2) is 72.8 Å². The Kier molecular flexibility index (Phi) is 8.20. The van der Waals surface area contributed by atoms with Gasteiger partial charge in [0.15, 0.2) is 6.61 Å². The zero-order chi connectivity index (χ0) is 25.4. The number of para-hydroxylation sites is 2. The van der Waals surface area contributed by atoms with Crippen molar-refractivity contribution in [3.05, 3.63) is 89.7 Å². The van der Waals surface area contributed by atoms with Gasteiger partial charge >= 0.3 is 0 Å². The van der Waals surface area contributed by atoms with Gasteiger partial charge in [0, 0.05) is 16.8 Å². The maximum Gasteiger partial charge on any atom is 0.262 e. The molecule has 0 aliphatic heterocycles. The normalized spacial score (nSPS) is 10.9. The fraction of sp³-hybridized carbons (Fsp3) is 0.222. The average molecular weight is 478 g/mol. The molecule has 0 atom stereocenters. The molecule has 7 nitrogen and oxygen atoms in total. The molecule has 0 unspecified atom stereocenters. The summed E-state index contributed by atoms with van der Waals surface area (Å²) in [6.45, 7) is 5.48. The van der Waals surface area contributed by atoms with Crippen molar-refractivity contribution in [1.82, 2.24) is 5.32 Å². The second kappa shape index (κ2) is 11.3. The number of hydrogen-bond acceptors (Lipinski definition) is 4. The van der Waals surface area contributed by atoms with Gasteiger partial charge in [-0.25, -0.2) is 4.39 Å². The first-order valence-electron chi connectivity index (χ1n) is 11.2. The Morgan fingerprint density at radius 2 is 1.51 bits per heavy atom. The van der Waals surface area contributed by atoms with Crippen molar-refractivity contribution in [3.63, 3.8) is 0 Å². The highest BCUT2D eigenvalue weighted by Crippen LogP contribution is 2.21. The summed E-state index contributed by atoms with van der Waals surface area (Å²) in [5, 5.41) is 8.15. The SMILES string of the molecule is CCC(C)(C)NC(=O)c1ccc(NC(=O)c2ccccc2OCC(=O)Nc2ccccc2F)cc1. The van der Waals surface area contributed by atoms with E-state index in [0.717, 1.165) is 6.42 Å². The summed E-state index contributed by atoms with van der Waals surface area (Å²) in [6.07, 6.45) is 0.791. The Balaban J connectivity index is 1.62. The minimum atomic E-state index is -0.564. The summed E-state index contributed by atoms with van der Waals surface area (Å²) in [6, 6.07) is 18.8. The number of amides is 3. The molecular formula is C27H28FN3O4. The summed E-state index contributed by atoms with van der Waals surface area (Å²) in [5.74, 6) is -1.56. The number of anilines is 2. The molecule has 182 valence electrons. The smallest absolute Gasteiger partial charge is 0.262 e. The largest absolute Gasteiger partial charge is 0.483 e. The number of halogens is 1. The molecule has 0 saturated heterocycles. The summed E-state index contributed by atoms with van der Waals surface area (Å²) in [4.78, 5) is 37.4. The highest BCUT2D eigenvalue weighted by Gasteiger charge is 2.19. The second-order valence-electron chi connectivity index (χ2n) is 8.54. The fourth-order valence-electron chi connectivity index (χ4n) is 3.04. The number of rotatable bonds is 9. The van der Waals surface area contributed by atoms with Crippen LogP contribution in [0.4, 0.5) is 15.8 Å². The van der Waals surface area contributed by atoms with Crippen LogP contribution in [-0.4, -0.2) is 29.9 Å². The van der Waals surface area contributed by atoms with Crippen LogP contribution in [0.5, 0.6) is 5.75 Å². The minimum Gasteiger partial charge on any atom is -0.483 e. The molecule has 3 rings (SSSR count). The first kappa shape index (κ1) is 25.4. The van der Waals surface area contributed by atoms with Gasteiger partial charge in [-0.05, 0) is 68.8 Å². The summed E-state index contributed by atoms with van der Waals surface area (Å²) in [7, 11) is 0. The molecule has 0 aliphatic rings. The molecule has 3 aromatic rings. The van der Waals surface area contributed by atoms with Gasteiger partial charge in [-0.3, -0.25) is 14.4 Å². The second-order valence-corrected chi connectivity index (χ2v) is 8.54. The lowest BCUT2D eigenvalue weighted by Crippen LogP contribution is -2.42. The third-order valence-corrected chi connectivity index (χ3v) is 5.38. The molecule has 3 amide bonds. The zero-order valence-corrected chi connectivity index (χ0v) is 19.9. The third-order valence-electron chi connectivity index (χ3n) is 5.38. The van der Waals surface area contributed by atoms with Crippen LogP contribution in [-0.2, 0) is 4.79 Å². The lowest BCUT2D eigenvalue weighted by atomic mass is 10.0. The summed E-state index contributed by atoms with van der Waals surface area (Å²) in [5.41, 5.74) is 0.919. The minimum absolute atomic E-state index is 0.0440. The van der Waals surface area contributed by atoms with Crippen molar-refractivity contribution in [3.8, 4) is 5.75 Å². The van der Waals surface area contributed by atoms with Crippen molar-refractivity contribution in [2.45, 2.75) is 32.7 Å². The Bertz CT molecular complexity index is 1210. The molecule has 0 saturated carbocycles. The molecule has 0 fully saturated rings. The highest BCUT2D eigenvalue weighted by atomic mass is 19.1. The van der Waals surface area contributed by atoms with Crippen molar-refractivity contribution >= 4 is 29.1 Å². The van der Waals surface area contributed by atoms with E-state index < -0.39 is 24.2 Å². The number of benzene rings is 3. The summed E-state index contributed by atoms with van der Waals surface area (Å²) < 4.78 is 19.2. The van der Waals surface area contributed by atoms with E-state index in [1.54, 1.807) is 54.6 Å². The topological polar surface area (TPSA) is 96.5 Å². The van der Waals surface area contributed by atoms with E-state index in [1.807, 2.05) is 20.8 Å². The Morgan fingerprint density at radius 3 is 2.20 bits per heavy atom. The van der Waals surface area contributed by atoms with Crippen LogP contribution in [0.1, 0.15) is 47.9 Å². The zero-order valence-electron chi connectivity index (χ0n) is 19.9. The van der Waals surface area contributed by atoms with E-state index in [4.69, 9.17) is 4.74 Å². The van der Waals surface area contributed by atoms with Crippen LogP contribution in [0, 0.1) is 5.82 Å². The molecule has 0 aliphatic carbocycles. The molecular weight excluding hydrogens is 449 g/mol. The molecule has 0 aromatic heterocycles. The monoisotopic (exact) mass is 477 g/mol. The van der Waals surface area contributed by atoms with Crippen LogP contribution >= 0.6 is 0 Å². The van der Waals surface area contributed by atoms with Gasteiger partial charge in [0.1, 0.15) is 11.6 Å². The molecule has 3 N–H and O–H groups in total. The molecule has 0 bridgehead atoms.